The molecular weight excluding hydrogens is 218 g/mol. The van der Waals surface area contributed by atoms with Crippen LogP contribution in [0.25, 0.3) is 0 Å². The molecule has 2 heterocycles. The van der Waals surface area contributed by atoms with Crippen molar-refractivity contribution in [2.45, 2.75) is 39.8 Å². The quantitative estimate of drug-likeness (QED) is 0.862. The van der Waals surface area contributed by atoms with E-state index < -0.39 is 0 Å². The Morgan fingerprint density at radius 3 is 2.82 bits per heavy atom. The second-order valence-corrected chi connectivity index (χ2v) is 4.01. The van der Waals surface area contributed by atoms with Gasteiger partial charge in [-0.25, -0.2) is 0 Å². The zero-order valence-corrected chi connectivity index (χ0v) is 10.4. The van der Waals surface area contributed by atoms with E-state index in [0.29, 0.717) is 18.3 Å². The van der Waals surface area contributed by atoms with Gasteiger partial charge in [0.05, 0.1) is 12.6 Å². The first-order chi connectivity index (χ1) is 8.19. The lowest BCUT2D eigenvalue weighted by Gasteiger charge is -2.08. The third kappa shape index (κ3) is 2.94. The summed E-state index contributed by atoms with van der Waals surface area (Å²) in [5.41, 5.74) is 0. The van der Waals surface area contributed by atoms with Crippen LogP contribution in [0.2, 0.25) is 0 Å². The maximum absolute atomic E-state index is 5.53. The monoisotopic (exact) mass is 235 g/mol. The highest BCUT2D eigenvalue weighted by molar-refractivity contribution is 5.08. The molecule has 0 fully saturated rings. The Balaban J connectivity index is 1.89. The van der Waals surface area contributed by atoms with Crippen molar-refractivity contribution in [2.75, 3.05) is 0 Å². The Kier molecular flexibility index (Phi) is 3.58. The fraction of sp³-hybridized carbons (Fsp3) is 0.500. The number of rotatable bonds is 5. The molecule has 0 radical (unpaired) electrons. The average Bonchev–Trinajstić information content (AvgIpc) is 2.94. The van der Waals surface area contributed by atoms with Crippen LogP contribution < -0.4 is 5.32 Å². The van der Waals surface area contributed by atoms with Gasteiger partial charge in [-0.15, -0.1) is 0 Å². The highest BCUT2D eigenvalue weighted by atomic mass is 16.5. The first-order valence-corrected chi connectivity index (χ1v) is 5.80. The van der Waals surface area contributed by atoms with Crippen LogP contribution in [0.4, 0.5) is 0 Å². The van der Waals surface area contributed by atoms with E-state index in [1.807, 2.05) is 32.9 Å². The molecule has 92 valence electrons. The van der Waals surface area contributed by atoms with Gasteiger partial charge in [0.15, 0.2) is 5.82 Å². The number of nitrogens with one attached hydrogen (secondary N) is 1. The van der Waals surface area contributed by atoms with Crippen LogP contribution in [-0.4, -0.2) is 10.1 Å². The molecule has 0 aliphatic heterocycles. The van der Waals surface area contributed by atoms with Crippen molar-refractivity contribution in [1.82, 2.24) is 15.5 Å². The predicted molar refractivity (Wildman–Crippen MR) is 62.4 cm³/mol. The Hall–Kier alpha value is -1.62. The van der Waals surface area contributed by atoms with Crippen LogP contribution in [0.3, 0.4) is 0 Å². The molecule has 0 aliphatic carbocycles. The maximum atomic E-state index is 5.53. The summed E-state index contributed by atoms with van der Waals surface area (Å²) >= 11 is 0. The lowest BCUT2D eigenvalue weighted by molar-refractivity contribution is 0.370. The van der Waals surface area contributed by atoms with Crippen LogP contribution in [0.15, 0.2) is 21.1 Å². The third-order valence-corrected chi connectivity index (χ3v) is 2.57. The molecule has 2 aromatic rings. The zero-order chi connectivity index (χ0) is 12.3. The van der Waals surface area contributed by atoms with Crippen molar-refractivity contribution < 1.29 is 8.94 Å². The van der Waals surface area contributed by atoms with Crippen LogP contribution in [-0.2, 0) is 13.0 Å². The molecule has 0 unspecified atom stereocenters. The smallest absolute Gasteiger partial charge is 0.226 e. The summed E-state index contributed by atoms with van der Waals surface area (Å²) in [6, 6.07) is 4.06. The molecule has 1 N–H and O–H groups in total. The lowest BCUT2D eigenvalue weighted by atomic mass is 10.2. The Bertz CT molecular complexity index is 476. The van der Waals surface area contributed by atoms with Gasteiger partial charge in [0, 0.05) is 6.42 Å². The van der Waals surface area contributed by atoms with Gasteiger partial charge in [0.1, 0.15) is 11.5 Å². The van der Waals surface area contributed by atoms with E-state index in [0.717, 1.165) is 17.9 Å². The van der Waals surface area contributed by atoms with Crippen LogP contribution in [0.1, 0.15) is 43.1 Å². The first kappa shape index (κ1) is 11.9. The molecule has 1 atom stereocenters. The molecule has 0 saturated heterocycles. The van der Waals surface area contributed by atoms with E-state index in [1.54, 1.807) is 0 Å². The van der Waals surface area contributed by atoms with Gasteiger partial charge in [0.25, 0.3) is 0 Å². The highest BCUT2D eigenvalue weighted by Gasteiger charge is 2.10. The fourth-order valence-corrected chi connectivity index (χ4v) is 1.54. The van der Waals surface area contributed by atoms with Crippen LogP contribution in [0, 0.1) is 6.92 Å². The Morgan fingerprint density at radius 1 is 1.41 bits per heavy atom. The van der Waals surface area contributed by atoms with Gasteiger partial charge in [-0.3, -0.25) is 0 Å². The van der Waals surface area contributed by atoms with Crippen molar-refractivity contribution >= 4 is 0 Å². The van der Waals surface area contributed by atoms with Crippen molar-refractivity contribution in [3.05, 3.63) is 35.4 Å². The van der Waals surface area contributed by atoms with E-state index in [1.165, 1.54) is 0 Å². The largest absolute Gasteiger partial charge is 0.465 e. The minimum Gasteiger partial charge on any atom is -0.465 e. The minimum atomic E-state index is 0.132. The number of furan rings is 1. The fourth-order valence-electron chi connectivity index (χ4n) is 1.54. The van der Waals surface area contributed by atoms with Crippen LogP contribution >= 0.6 is 0 Å². The second kappa shape index (κ2) is 5.14. The van der Waals surface area contributed by atoms with Gasteiger partial charge in [-0.2, -0.15) is 4.98 Å². The standard InChI is InChI=1S/C12H17N3O2/c1-4-12-14-11(15-17-12)7-13-9(3)10-6-5-8(2)16-10/h5-6,9,13H,4,7H2,1-3H3/t9-/m0/s1. The minimum absolute atomic E-state index is 0.132. The van der Waals surface area contributed by atoms with Crippen molar-refractivity contribution in [2.24, 2.45) is 0 Å². The van der Waals surface area contributed by atoms with Gasteiger partial charge in [-0.1, -0.05) is 12.1 Å². The number of hydrogen-bond donors (Lipinski definition) is 1. The van der Waals surface area contributed by atoms with Gasteiger partial charge in [-0.05, 0) is 26.0 Å². The maximum Gasteiger partial charge on any atom is 0.226 e. The third-order valence-electron chi connectivity index (χ3n) is 2.57. The summed E-state index contributed by atoms with van der Waals surface area (Å²) in [5, 5.41) is 7.17. The summed E-state index contributed by atoms with van der Waals surface area (Å²) in [4.78, 5) is 4.23. The molecule has 2 aromatic heterocycles. The molecule has 5 heteroatoms. The molecule has 0 amide bonds. The van der Waals surface area contributed by atoms with E-state index in [4.69, 9.17) is 8.94 Å². The number of aromatic nitrogens is 2. The van der Waals surface area contributed by atoms with E-state index in [9.17, 15) is 0 Å². The average molecular weight is 235 g/mol. The number of aryl methyl sites for hydroxylation is 2. The summed E-state index contributed by atoms with van der Waals surface area (Å²) < 4.78 is 10.6. The topological polar surface area (TPSA) is 64.1 Å². The van der Waals surface area contributed by atoms with E-state index >= 15 is 0 Å². The van der Waals surface area contributed by atoms with Crippen molar-refractivity contribution in [3.8, 4) is 0 Å². The first-order valence-electron chi connectivity index (χ1n) is 5.80. The predicted octanol–water partition coefficient (Wildman–Crippen LogP) is 2.38. The SMILES string of the molecule is CCc1nc(CN[C@@H](C)c2ccc(C)o2)no1. The molecule has 5 nitrogen and oxygen atoms in total. The van der Waals surface area contributed by atoms with E-state index in [2.05, 4.69) is 15.5 Å². The molecule has 0 saturated carbocycles. The van der Waals surface area contributed by atoms with Gasteiger partial charge in [0.2, 0.25) is 5.89 Å². The molecule has 0 bridgehead atoms. The molecular formula is C12H17N3O2. The molecule has 2 rings (SSSR count). The Morgan fingerprint density at radius 2 is 2.24 bits per heavy atom. The van der Waals surface area contributed by atoms with Crippen molar-refractivity contribution in [1.29, 1.82) is 0 Å². The second-order valence-electron chi connectivity index (χ2n) is 4.01. The summed E-state index contributed by atoms with van der Waals surface area (Å²) in [5.74, 6) is 3.18. The molecule has 0 spiro atoms. The Labute approximate surface area is 100 Å². The van der Waals surface area contributed by atoms with E-state index in [-0.39, 0.29) is 6.04 Å². The summed E-state index contributed by atoms with van der Waals surface area (Å²) in [7, 11) is 0. The number of nitrogens with zero attached hydrogens (tertiary/aromatic N) is 2. The molecule has 0 aromatic carbocycles. The summed E-state index contributed by atoms with van der Waals surface area (Å²) in [6.07, 6.45) is 0.764. The molecule has 0 aliphatic rings. The van der Waals surface area contributed by atoms with Crippen LogP contribution in [0.5, 0.6) is 0 Å². The summed E-state index contributed by atoms with van der Waals surface area (Å²) in [6.45, 7) is 6.53. The van der Waals surface area contributed by atoms with Crippen molar-refractivity contribution in [3.63, 3.8) is 0 Å². The van der Waals surface area contributed by atoms with Gasteiger partial charge < -0.3 is 14.3 Å². The van der Waals surface area contributed by atoms with Gasteiger partial charge >= 0.3 is 0 Å². The molecule has 17 heavy (non-hydrogen) atoms. The lowest BCUT2D eigenvalue weighted by Crippen LogP contribution is -2.18. The highest BCUT2D eigenvalue weighted by Crippen LogP contribution is 2.15. The zero-order valence-electron chi connectivity index (χ0n) is 10.4. The normalized spacial score (nSPS) is 12.9. The number of hydrogen-bond acceptors (Lipinski definition) is 5.